The quantitative estimate of drug-likeness (QED) is 0.198. The van der Waals surface area contributed by atoms with Gasteiger partial charge in [0.25, 0.3) is 0 Å². The van der Waals surface area contributed by atoms with E-state index >= 15 is 0 Å². The van der Waals surface area contributed by atoms with Crippen LogP contribution in [0.4, 0.5) is 11.4 Å². The summed E-state index contributed by atoms with van der Waals surface area (Å²) in [5.41, 5.74) is 7.08. The van der Waals surface area contributed by atoms with Crippen molar-refractivity contribution >= 4 is 45.2 Å². The number of pyridine rings is 1. The normalized spacial score (nSPS) is 16.8. The van der Waals surface area contributed by atoms with Crippen molar-refractivity contribution in [2.24, 2.45) is 0 Å². The molecule has 2 unspecified atom stereocenters. The first-order chi connectivity index (χ1) is 20.6. The molecule has 0 spiro atoms. The van der Waals surface area contributed by atoms with E-state index in [4.69, 9.17) is 16.3 Å². The van der Waals surface area contributed by atoms with Crippen molar-refractivity contribution < 1.29 is 4.74 Å². The van der Waals surface area contributed by atoms with Crippen LogP contribution < -0.4 is 10.6 Å². The van der Waals surface area contributed by atoms with Crippen molar-refractivity contribution in [1.82, 2.24) is 25.3 Å². The minimum absolute atomic E-state index is 0.0365. The zero-order chi connectivity index (χ0) is 28.6. The number of nitriles is 1. The highest BCUT2D eigenvalue weighted by Crippen LogP contribution is 2.40. The zero-order valence-electron chi connectivity index (χ0n) is 23.0. The molecule has 7 rings (SSSR count). The number of aromatic amines is 1. The molecular weight excluding hydrogens is 568 g/mol. The maximum Gasteiger partial charge on any atom is 0.109 e. The van der Waals surface area contributed by atoms with E-state index in [1.165, 1.54) is 16.0 Å². The second kappa shape index (κ2) is 11.3. The molecule has 2 atom stereocenters. The van der Waals surface area contributed by atoms with Gasteiger partial charge in [-0.05, 0) is 47.5 Å². The van der Waals surface area contributed by atoms with E-state index in [0.717, 1.165) is 55.1 Å². The van der Waals surface area contributed by atoms with Crippen LogP contribution in [-0.4, -0.2) is 51.1 Å². The number of fused-ring (bicyclic) bond motifs is 2. The number of ether oxygens (including phenoxy) is 1. The van der Waals surface area contributed by atoms with Crippen molar-refractivity contribution in [3.05, 3.63) is 98.1 Å². The Kier molecular flexibility index (Phi) is 7.25. The standard InChI is InChI=1S/C31H29ClN8OS/c1-18(19-5-3-2-4-6-19)36-29-20(11-33)12-34-30-24(29)9-21(10-26(30)32)37-31(27-13-35-39-38-27)25-17-42-28-14-40(8-7-23(25)28)22-15-41-16-22/h2-6,9-10,12-13,17-18,22,31,37H,7-8,14-16H2,1H3,(H,34,36)(H,35,38,39). The van der Waals surface area contributed by atoms with Gasteiger partial charge in [-0.25, -0.2) is 0 Å². The lowest BCUT2D eigenvalue weighted by atomic mass is 9.95. The molecule has 0 radical (unpaired) electrons. The molecule has 1 saturated heterocycles. The molecule has 0 saturated carbocycles. The van der Waals surface area contributed by atoms with Crippen LogP contribution in [-0.2, 0) is 17.7 Å². The average Bonchev–Trinajstić information content (AvgIpc) is 3.66. The lowest BCUT2D eigenvalue weighted by Crippen LogP contribution is -2.50. The highest BCUT2D eigenvalue weighted by Gasteiger charge is 2.32. The molecule has 11 heteroatoms. The fourth-order valence-electron chi connectivity index (χ4n) is 5.81. The van der Waals surface area contributed by atoms with Crippen LogP contribution in [0.1, 0.15) is 51.8 Å². The molecule has 5 heterocycles. The van der Waals surface area contributed by atoms with E-state index in [2.05, 4.69) is 66.4 Å². The van der Waals surface area contributed by atoms with Crippen LogP contribution in [0.15, 0.2) is 60.2 Å². The highest BCUT2D eigenvalue weighted by molar-refractivity contribution is 7.10. The third-order valence-electron chi connectivity index (χ3n) is 8.20. The van der Waals surface area contributed by atoms with Crippen molar-refractivity contribution in [3.8, 4) is 6.07 Å². The first-order valence-corrected chi connectivity index (χ1v) is 15.2. The predicted octanol–water partition coefficient (Wildman–Crippen LogP) is 6.07. The third-order valence-corrected chi connectivity index (χ3v) is 9.52. The molecular formula is C31H29ClN8OS. The van der Waals surface area contributed by atoms with Crippen molar-refractivity contribution in [1.29, 1.82) is 5.26 Å². The fourth-order valence-corrected chi connectivity index (χ4v) is 7.23. The predicted molar refractivity (Wildman–Crippen MR) is 165 cm³/mol. The summed E-state index contributed by atoms with van der Waals surface area (Å²) in [6.07, 6.45) is 4.31. The van der Waals surface area contributed by atoms with Crippen LogP contribution in [0.5, 0.6) is 0 Å². The van der Waals surface area contributed by atoms with Gasteiger partial charge >= 0.3 is 0 Å². The molecule has 2 aliphatic heterocycles. The molecule has 3 N–H and O–H groups in total. The van der Waals surface area contributed by atoms with Gasteiger partial charge in [-0.2, -0.15) is 20.7 Å². The smallest absolute Gasteiger partial charge is 0.109 e. The largest absolute Gasteiger partial charge is 0.378 e. The molecule has 0 amide bonds. The number of aromatic nitrogens is 4. The van der Waals surface area contributed by atoms with Crippen LogP contribution in [0.2, 0.25) is 5.02 Å². The summed E-state index contributed by atoms with van der Waals surface area (Å²) in [6.45, 7) is 5.67. The second-order valence-electron chi connectivity index (χ2n) is 10.8. The summed E-state index contributed by atoms with van der Waals surface area (Å²) in [7, 11) is 0. The molecule has 42 heavy (non-hydrogen) atoms. The van der Waals surface area contributed by atoms with Crippen LogP contribution in [0.3, 0.4) is 0 Å². The van der Waals surface area contributed by atoms with Gasteiger partial charge in [0.2, 0.25) is 0 Å². The van der Waals surface area contributed by atoms with Crippen molar-refractivity contribution in [3.63, 3.8) is 0 Å². The number of anilines is 2. The molecule has 1 fully saturated rings. The summed E-state index contributed by atoms with van der Waals surface area (Å²) in [6, 6.07) is 16.6. The SMILES string of the molecule is CC(Nc1c(C#N)cnc2c(Cl)cc(NC(c3cn[nH]n3)c3csc4c3CCN(C3COC3)C4)cc12)c1ccccc1. The number of nitrogens with zero attached hydrogens (tertiary/aromatic N) is 5. The Morgan fingerprint density at radius 3 is 2.79 bits per heavy atom. The van der Waals surface area contributed by atoms with E-state index in [9.17, 15) is 5.26 Å². The lowest BCUT2D eigenvalue weighted by molar-refractivity contribution is -0.0691. The topological polar surface area (TPSA) is 115 Å². The molecule has 2 aromatic carbocycles. The minimum Gasteiger partial charge on any atom is -0.378 e. The molecule has 5 aromatic rings. The Morgan fingerprint density at radius 2 is 2.05 bits per heavy atom. The molecule has 3 aromatic heterocycles. The van der Waals surface area contributed by atoms with Crippen LogP contribution in [0.25, 0.3) is 10.9 Å². The van der Waals surface area contributed by atoms with Gasteiger partial charge < -0.3 is 15.4 Å². The molecule has 0 aliphatic carbocycles. The average molecular weight is 597 g/mol. The first kappa shape index (κ1) is 26.9. The van der Waals surface area contributed by atoms with Gasteiger partial charge in [-0.3, -0.25) is 9.88 Å². The number of thiophene rings is 1. The number of hydrogen-bond acceptors (Lipinski definition) is 9. The monoisotopic (exact) mass is 596 g/mol. The summed E-state index contributed by atoms with van der Waals surface area (Å²) < 4.78 is 5.44. The number of benzene rings is 2. The number of nitrogens with one attached hydrogen (secondary N) is 3. The number of rotatable bonds is 8. The van der Waals surface area contributed by atoms with Gasteiger partial charge in [-0.1, -0.05) is 41.9 Å². The Bertz CT molecular complexity index is 1760. The first-order valence-electron chi connectivity index (χ1n) is 14.0. The lowest BCUT2D eigenvalue weighted by Gasteiger charge is -2.39. The van der Waals surface area contributed by atoms with Gasteiger partial charge in [0.05, 0.1) is 53.3 Å². The third kappa shape index (κ3) is 4.99. The number of halogens is 1. The van der Waals surface area contributed by atoms with Gasteiger partial charge in [0.15, 0.2) is 0 Å². The Labute approximate surface area is 252 Å². The van der Waals surface area contributed by atoms with Gasteiger partial charge in [0.1, 0.15) is 11.8 Å². The Hall–Kier alpha value is -4.01. The van der Waals surface area contributed by atoms with Crippen molar-refractivity contribution in [2.75, 3.05) is 30.4 Å². The minimum atomic E-state index is -0.234. The summed E-state index contributed by atoms with van der Waals surface area (Å²) in [4.78, 5) is 8.46. The van der Waals surface area contributed by atoms with E-state index < -0.39 is 0 Å². The van der Waals surface area contributed by atoms with Gasteiger partial charge in [-0.15, -0.1) is 11.3 Å². The van der Waals surface area contributed by atoms with E-state index in [0.29, 0.717) is 27.8 Å². The summed E-state index contributed by atoms with van der Waals surface area (Å²) in [5, 5.41) is 32.1. The Balaban J connectivity index is 1.25. The van der Waals surface area contributed by atoms with Crippen LogP contribution >= 0.6 is 22.9 Å². The van der Waals surface area contributed by atoms with Crippen LogP contribution in [0, 0.1) is 11.3 Å². The van der Waals surface area contributed by atoms with E-state index in [-0.39, 0.29) is 12.1 Å². The summed E-state index contributed by atoms with van der Waals surface area (Å²) >= 11 is 8.63. The fraction of sp³-hybridized carbons (Fsp3) is 0.290. The zero-order valence-corrected chi connectivity index (χ0v) is 24.5. The maximum atomic E-state index is 9.97. The molecule has 9 nitrogen and oxygen atoms in total. The molecule has 0 bridgehead atoms. The molecule has 2 aliphatic rings. The number of H-pyrrole nitrogens is 1. The second-order valence-corrected chi connectivity index (χ2v) is 12.1. The Morgan fingerprint density at radius 1 is 1.19 bits per heavy atom. The number of hydrogen-bond donors (Lipinski definition) is 3. The summed E-state index contributed by atoms with van der Waals surface area (Å²) in [5.74, 6) is 0. The highest BCUT2D eigenvalue weighted by atomic mass is 35.5. The maximum absolute atomic E-state index is 9.97. The van der Waals surface area contributed by atoms with Crippen molar-refractivity contribution in [2.45, 2.75) is 38.0 Å². The van der Waals surface area contributed by atoms with E-state index in [1.807, 2.05) is 30.3 Å². The van der Waals surface area contributed by atoms with E-state index in [1.54, 1.807) is 23.7 Å². The van der Waals surface area contributed by atoms with Gasteiger partial charge in [0, 0.05) is 41.3 Å². The molecule has 212 valence electrons.